The van der Waals surface area contributed by atoms with Crippen LogP contribution in [0.5, 0.6) is 0 Å². The summed E-state index contributed by atoms with van der Waals surface area (Å²) in [5.41, 5.74) is 3.68. The summed E-state index contributed by atoms with van der Waals surface area (Å²) < 4.78 is 7.67. The van der Waals surface area contributed by atoms with E-state index in [0.717, 1.165) is 32.6 Å². The van der Waals surface area contributed by atoms with Crippen LogP contribution < -0.4 is 5.32 Å². The predicted molar refractivity (Wildman–Crippen MR) is 84.4 cm³/mol. The van der Waals surface area contributed by atoms with Gasteiger partial charge in [0.05, 0.1) is 6.61 Å². The van der Waals surface area contributed by atoms with E-state index in [2.05, 4.69) is 48.1 Å². The molecule has 1 fully saturated rings. The number of para-hydroxylation sites is 1. The molecule has 0 aliphatic carbocycles. The van der Waals surface area contributed by atoms with Gasteiger partial charge in [-0.3, -0.25) is 0 Å². The van der Waals surface area contributed by atoms with E-state index in [1.807, 2.05) is 0 Å². The molecule has 0 amide bonds. The van der Waals surface area contributed by atoms with Crippen molar-refractivity contribution in [2.75, 3.05) is 19.8 Å². The van der Waals surface area contributed by atoms with Gasteiger partial charge in [-0.2, -0.15) is 0 Å². The van der Waals surface area contributed by atoms with Gasteiger partial charge in [0.25, 0.3) is 0 Å². The second-order valence-electron chi connectivity index (χ2n) is 6.05. The molecule has 3 rings (SSSR count). The Morgan fingerprint density at radius 3 is 2.67 bits per heavy atom. The summed E-state index contributed by atoms with van der Waals surface area (Å²) in [6.45, 7) is 4.56. The molecular weight excluding hydrogens is 264 g/mol. The maximum Gasteiger partial charge on any atom is 0.0615 e. The fourth-order valence-electron chi connectivity index (χ4n) is 3.31. The zero-order chi connectivity index (χ0) is 14.9. The van der Waals surface area contributed by atoms with Gasteiger partial charge in [-0.25, -0.2) is 0 Å². The standard InChI is InChI=1S/C17H24N2O2/c1-13-14-5-3-4-6-15(14)19(2)16(13)11-18-17(12-20)7-9-21-10-8-17/h3-6,18,20H,7-12H2,1-2H3. The normalized spacial score (nSPS) is 18.2. The minimum Gasteiger partial charge on any atom is -0.394 e. The average molecular weight is 288 g/mol. The van der Waals surface area contributed by atoms with Crippen LogP contribution in [0.1, 0.15) is 24.1 Å². The zero-order valence-electron chi connectivity index (χ0n) is 12.9. The highest BCUT2D eigenvalue weighted by Crippen LogP contribution is 2.26. The van der Waals surface area contributed by atoms with Crippen molar-refractivity contribution >= 4 is 10.9 Å². The van der Waals surface area contributed by atoms with Gasteiger partial charge in [0, 0.05) is 48.9 Å². The maximum absolute atomic E-state index is 9.77. The number of aliphatic hydroxyl groups excluding tert-OH is 1. The number of aryl methyl sites for hydroxylation is 2. The minimum absolute atomic E-state index is 0.166. The Balaban J connectivity index is 1.85. The van der Waals surface area contributed by atoms with E-state index in [4.69, 9.17) is 4.74 Å². The van der Waals surface area contributed by atoms with Crippen molar-refractivity contribution in [3.05, 3.63) is 35.5 Å². The van der Waals surface area contributed by atoms with Crippen LogP contribution in [0.4, 0.5) is 0 Å². The van der Waals surface area contributed by atoms with E-state index >= 15 is 0 Å². The van der Waals surface area contributed by atoms with Crippen molar-refractivity contribution in [1.29, 1.82) is 0 Å². The lowest BCUT2D eigenvalue weighted by Gasteiger charge is -2.36. The molecular formula is C17H24N2O2. The summed E-state index contributed by atoms with van der Waals surface area (Å²) in [5.74, 6) is 0. The molecule has 2 heterocycles. The molecule has 0 unspecified atom stereocenters. The van der Waals surface area contributed by atoms with Crippen molar-refractivity contribution < 1.29 is 9.84 Å². The first-order valence-corrected chi connectivity index (χ1v) is 7.63. The minimum atomic E-state index is -0.193. The molecule has 1 aromatic heterocycles. The molecule has 1 aromatic carbocycles. The van der Waals surface area contributed by atoms with E-state index in [1.165, 1.54) is 22.2 Å². The summed E-state index contributed by atoms with van der Waals surface area (Å²) in [4.78, 5) is 0. The number of rotatable bonds is 4. The second kappa shape index (κ2) is 5.79. The van der Waals surface area contributed by atoms with Crippen molar-refractivity contribution in [3.8, 4) is 0 Å². The lowest BCUT2D eigenvalue weighted by molar-refractivity contribution is 0.0109. The number of hydrogen-bond donors (Lipinski definition) is 2. The van der Waals surface area contributed by atoms with Crippen molar-refractivity contribution in [2.45, 2.75) is 31.8 Å². The summed E-state index contributed by atoms with van der Waals surface area (Å²) in [7, 11) is 2.11. The maximum atomic E-state index is 9.77. The Kier molecular flexibility index (Phi) is 4.02. The molecule has 1 aliphatic rings. The number of aliphatic hydroxyl groups is 1. The van der Waals surface area contributed by atoms with Crippen LogP contribution in [-0.4, -0.2) is 35.0 Å². The number of nitrogens with one attached hydrogen (secondary N) is 1. The van der Waals surface area contributed by atoms with Crippen LogP contribution in [0.3, 0.4) is 0 Å². The molecule has 114 valence electrons. The molecule has 0 bridgehead atoms. The highest BCUT2D eigenvalue weighted by Gasteiger charge is 2.31. The van der Waals surface area contributed by atoms with Gasteiger partial charge in [0.15, 0.2) is 0 Å². The SMILES string of the molecule is Cc1c(CNC2(CO)CCOCC2)n(C)c2ccccc12. The van der Waals surface area contributed by atoms with E-state index in [0.29, 0.717) is 0 Å². The Bertz CT molecular complexity index is 588. The first kappa shape index (κ1) is 14.6. The van der Waals surface area contributed by atoms with Crippen molar-refractivity contribution in [3.63, 3.8) is 0 Å². The summed E-state index contributed by atoms with van der Waals surface area (Å²) in [6.07, 6.45) is 1.74. The Hall–Kier alpha value is -1.36. The van der Waals surface area contributed by atoms with Crippen LogP contribution in [0, 0.1) is 6.92 Å². The van der Waals surface area contributed by atoms with E-state index < -0.39 is 0 Å². The highest BCUT2D eigenvalue weighted by molar-refractivity contribution is 5.85. The number of ether oxygens (including phenoxy) is 1. The molecule has 4 heteroatoms. The quantitative estimate of drug-likeness (QED) is 0.906. The number of aromatic nitrogens is 1. The Morgan fingerprint density at radius 2 is 2.00 bits per heavy atom. The number of hydrogen-bond acceptors (Lipinski definition) is 3. The van der Waals surface area contributed by atoms with Gasteiger partial charge in [-0.05, 0) is 31.4 Å². The Morgan fingerprint density at radius 1 is 1.29 bits per heavy atom. The smallest absolute Gasteiger partial charge is 0.0615 e. The zero-order valence-corrected chi connectivity index (χ0v) is 12.9. The Labute approximate surface area is 125 Å². The predicted octanol–water partition coefficient (Wildman–Crippen LogP) is 2.12. The van der Waals surface area contributed by atoms with Gasteiger partial charge in [0.2, 0.25) is 0 Å². The van der Waals surface area contributed by atoms with Gasteiger partial charge >= 0.3 is 0 Å². The lowest BCUT2D eigenvalue weighted by Crippen LogP contribution is -2.52. The average Bonchev–Trinajstić information content (AvgIpc) is 2.78. The molecule has 0 radical (unpaired) electrons. The van der Waals surface area contributed by atoms with E-state index in [1.54, 1.807) is 0 Å². The van der Waals surface area contributed by atoms with Gasteiger partial charge in [0.1, 0.15) is 0 Å². The van der Waals surface area contributed by atoms with Crippen LogP contribution in [0.15, 0.2) is 24.3 Å². The molecule has 0 atom stereocenters. The largest absolute Gasteiger partial charge is 0.394 e. The van der Waals surface area contributed by atoms with Gasteiger partial charge < -0.3 is 19.7 Å². The molecule has 1 saturated heterocycles. The first-order valence-electron chi connectivity index (χ1n) is 7.63. The molecule has 0 spiro atoms. The van der Waals surface area contributed by atoms with Crippen LogP contribution in [-0.2, 0) is 18.3 Å². The van der Waals surface area contributed by atoms with Crippen LogP contribution in [0.2, 0.25) is 0 Å². The summed E-state index contributed by atoms with van der Waals surface area (Å²) >= 11 is 0. The summed E-state index contributed by atoms with van der Waals surface area (Å²) in [6, 6.07) is 8.49. The van der Waals surface area contributed by atoms with Crippen LogP contribution in [0.25, 0.3) is 10.9 Å². The number of nitrogens with zero attached hydrogens (tertiary/aromatic N) is 1. The van der Waals surface area contributed by atoms with Crippen LogP contribution >= 0.6 is 0 Å². The number of fused-ring (bicyclic) bond motifs is 1. The second-order valence-corrected chi connectivity index (χ2v) is 6.05. The highest BCUT2D eigenvalue weighted by atomic mass is 16.5. The lowest BCUT2D eigenvalue weighted by atomic mass is 9.91. The summed E-state index contributed by atoms with van der Waals surface area (Å²) in [5, 5.41) is 14.7. The fourth-order valence-corrected chi connectivity index (χ4v) is 3.31. The topological polar surface area (TPSA) is 46.4 Å². The molecule has 2 N–H and O–H groups in total. The van der Waals surface area contributed by atoms with Crippen molar-refractivity contribution in [2.24, 2.45) is 7.05 Å². The third kappa shape index (κ3) is 2.59. The third-order valence-electron chi connectivity index (χ3n) is 4.89. The first-order chi connectivity index (χ1) is 10.2. The van der Waals surface area contributed by atoms with E-state index in [-0.39, 0.29) is 12.1 Å². The third-order valence-corrected chi connectivity index (χ3v) is 4.89. The fraction of sp³-hybridized carbons (Fsp3) is 0.529. The van der Waals surface area contributed by atoms with E-state index in [9.17, 15) is 5.11 Å². The molecule has 21 heavy (non-hydrogen) atoms. The molecule has 2 aromatic rings. The number of benzene rings is 1. The molecule has 1 aliphatic heterocycles. The molecule has 0 saturated carbocycles. The van der Waals surface area contributed by atoms with Gasteiger partial charge in [-0.15, -0.1) is 0 Å². The van der Waals surface area contributed by atoms with Gasteiger partial charge in [-0.1, -0.05) is 18.2 Å². The van der Waals surface area contributed by atoms with Crippen molar-refractivity contribution in [1.82, 2.24) is 9.88 Å². The monoisotopic (exact) mass is 288 g/mol. The molecule has 4 nitrogen and oxygen atoms in total.